The molecule has 0 aliphatic rings. The van der Waals surface area contributed by atoms with Gasteiger partial charge in [0.1, 0.15) is 5.01 Å². The number of halogens is 1. The summed E-state index contributed by atoms with van der Waals surface area (Å²) in [5.41, 5.74) is 4.79. The van der Waals surface area contributed by atoms with E-state index in [0.717, 1.165) is 27.3 Å². The number of hydrogen-bond donors (Lipinski definition) is 1. The van der Waals surface area contributed by atoms with E-state index in [2.05, 4.69) is 75.6 Å². The van der Waals surface area contributed by atoms with Gasteiger partial charge in [-0.1, -0.05) is 28.1 Å². The minimum absolute atomic E-state index is 0.803. The maximum atomic E-state index is 4.32. The van der Waals surface area contributed by atoms with E-state index >= 15 is 0 Å². The van der Waals surface area contributed by atoms with Crippen LogP contribution in [0.25, 0.3) is 10.6 Å². The Bertz CT molecular complexity index is 721. The highest BCUT2D eigenvalue weighted by molar-refractivity contribution is 9.10. The molecule has 0 bridgehead atoms. The molecule has 1 aromatic heterocycles. The van der Waals surface area contributed by atoms with E-state index in [9.17, 15) is 0 Å². The van der Waals surface area contributed by atoms with Gasteiger partial charge in [-0.15, -0.1) is 11.3 Å². The summed E-state index contributed by atoms with van der Waals surface area (Å²) in [5.74, 6) is 0. The van der Waals surface area contributed by atoms with Gasteiger partial charge in [-0.05, 0) is 48.4 Å². The van der Waals surface area contributed by atoms with Gasteiger partial charge < -0.3 is 5.32 Å². The molecule has 21 heavy (non-hydrogen) atoms. The highest BCUT2D eigenvalue weighted by Gasteiger charge is 2.02. The summed E-state index contributed by atoms with van der Waals surface area (Å²) in [6.07, 6.45) is 1.83. The molecule has 3 rings (SSSR count). The van der Waals surface area contributed by atoms with Gasteiger partial charge in [-0.3, -0.25) is 0 Å². The van der Waals surface area contributed by atoms with E-state index in [0.29, 0.717) is 0 Å². The first-order valence-corrected chi connectivity index (χ1v) is 8.38. The molecule has 3 aromatic rings. The number of thiazole rings is 1. The molecule has 0 unspecified atom stereocenters. The molecule has 0 atom stereocenters. The molecular formula is C17H15BrN2S. The van der Waals surface area contributed by atoms with Gasteiger partial charge in [-0.25, -0.2) is 4.98 Å². The van der Waals surface area contributed by atoms with Crippen molar-refractivity contribution < 1.29 is 0 Å². The second-order valence-electron chi connectivity index (χ2n) is 4.86. The summed E-state index contributed by atoms with van der Waals surface area (Å²) < 4.78 is 1.15. The Balaban J connectivity index is 1.68. The zero-order chi connectivity index (χ0) is 14.7. The summed E-state index contributed by atoms with van der Waals surface area (Å²) in [7, 11) is 0. The number of rotatable bonds is 4. The monoisotopic (exact) mass is 358 g/mol. The van der Waals surface area contributed by atoms with Crippen molar-refractivity contribution in [2.75, 3.05) is 5.32 Å². The molecule has 0 saturated carbocycles. The van der Waals surface area contributed by atoms with Gasteiger partial charge >= 0.3 is 0 Å². The van der Waals surface area contributed by atoms with E-state index in [-0.39, 0.29) is 0 Å². The molecule has 0 aliphatic carbocycles. The topological polar surface area (TPSA) is 24.9 Å². The average molecular weight is 359 g/mol. The average Bonchev–Trinajstić information content (AvgIpc) is 3.01. The van der Waals surface area contributed by atoms with Gasteiger partial charge in [0.25, 0.3) is 0 Å². The minimum atomic E-state index is 0.803. The fraction of sp³-hybridized carbons (Fsp3) is 0.118. The Morgan fingerprint density at radius 3 is 2.62 bits per heavy atom. The lowest BCUT2D eigenvalue weighted by Gasteiger charge is -2.09. The normalized spacial score (nSPS) is 10.6. The smallest absolute Gasteiger partial charge is 0.123 e. The van der Waals surface area contributed by atoms with Crippen molar-refractivity contribution in [2.24, 2.45) is 0 Å². The van der Waals surface area contributed by atoms with Crippen LogP contribution in [0.4, 0.5) is 5.69 Å². The Hall–Kier alpha value is -1.65. The minimum Gasteiger partial charge on any atom is -0.381 e. The summed E-state index contributed by atoms with van der Waals surface area (Å²) in [5, 5.41) is 6.50. The molecule has 0 aliphatic heterocycles. The molecule has 1 heterocycles. The highest BCUT2D eigenvalue weighted by atomic mass is 79.9. The molecule has 2 aromatic carbocycles. The lowest BCUT2D eigenvalue weighted by atomic mass is 10.1. The van der Waals surface area contributed by atoms with Crippen molar-refractivity contribution in [2.45, 2.75) is 13.5 Å². The van der Waals surface area contributed by atoms with Crippen LogP contribution in [0.15, 0.2) is 58.5 Å². The van der Waals surface area contributed by atoms with Crippen LogP contribution >= 0.6 is 27.3 Å². The molecule has 0 saturated heterocycles. The van der Waals surface area contributed by atoms with E-state index in [1.165, 1.54) is 11.1 Å². The molecule has 1 N–H and O–H groups in total. The third-order valence-corrected chi connectivity index (χ3v) is 4.82. The number of aromatic nitrogens is 1. The van der Waals surface area contributed by atoms with E-state index in [4.69, 9.17) is 0 Å². The lowest BCUT2D eigenvalue weighted by molar-refractivity contribution is 1.13. The quantitative estimate of drug-likeness (QED) is 0.666. The van der Waals surface area contributed by atoms with Crippen LogP contribution in [-0.2, 0) is 6.54 Å². The maximum absolute atomic E-state index is 4.32. The summed E-state index contributed by atoms with van der Waals surface area (Å²) in [4.78, 5) is 4.32. The number of aryl methyl sites for hydroxylation is 1. The first-order chi connectivity index (χ1) is 10.2. The second kappa shape index (κ2) is 6.41. The van der Waals surface area contributed by atoms with Gasteiger partial charge in [0.15, 0.2) is 0 Å². The predicted octanol–water partition coefficient (Wildman–Crippen LogP) is 5.49. The van der Waals surface area contributed by atoms with Gasteiger partial charge in [0.2, 0.25) is 0 Å². The van der Waals surface area contributed by atoms with Gasteiger partial charge in [0, 0.05) is 33.8 Å². The summed E-state index contributed by atoms with van der Waals surface area (Å²) >= 11 is 5.27. The zero-order valence-electron chi connectivity index (χ0n) is 11.6. The predicted molar refractivity (Wildman–Crippen MR) is 93.8 cm³/mol. The molecule has 0 radical (unpaired) electrons. The van der Waals surface area contributed by atoms with E-state index in [1.807, 2.05) is 11.6 Å². The molecule has 106 valence electrons. The van der Waals surface area contributed by atoms with Crippen LogP contribution in [-0.4, -0.2) is 4.98 Å². The summed E-state index contributed by atoms with van der Waals surface area (Å²) in [6.45, 7) is 2.90. The van der Waals surface area contributed by atoms with Gasteiger partial charge in [-0.2, -0.15) is 0 Å². The van der Waals surface area contributed by atoms with Crippen LogP contribution in [0.3, 0.4) is 0 Å². The van der Waals surface area contributed by atoms with Crippen molar-refractivity contribution in [3.8, 4) is 10.6 Å². The Morgan fingerprint density at radius 2 is 1.95 bits per heavy atom. The van der Waals surface area contributed by atoms with Crippen molar-refractivity contribution in [1.82, 2.24) is 4.98 Å². The fourth-order valence-corrected chi connectivity index (χ4v) is 3.37. The van der Waals surface area contributed by atoms with Crippen molar-refractivity contribution >= 4 is 33.0 Å². The van der Waals surface area contributed by atoms with E-state index < -0.39 is 0 Å². The Kier molecular flexibility index (Phi) is 4.36. The first kappa shape index (κ1) is 14.3. The number of benzene rings is 2. The third-order valence-electron chi connectivity index (χ3n) is 3.26. The molecule has 0 amide bonds. The number of nitrogens with zero attached hydrogens (tertiary/aromatic N) is 1. The largest absolute Gasteiger partial charge is 0.381 e. The SMILES string of the molecule is Cc1ccc(CNc2ccc(-c3nccs3)cc2)c(Br)c1. The lowest BCUT2D eigenvalue weighted by Crippen LogP contribution is -2.00. The van der Waals surface area contributed by atoms with Crippen LogP contribution in [0.1, 0.15) is 11.1 Å². The molecule has 4 heteroatoms. The Morgan fingerprint density at radius 1 is 1.14 bits per heavy atom. The fourth-order valence-electron chi connectivity index (χ4n) is 2.09. The summed E-state index contributed by atoms with van der Waals surface area (Å²) in [6, 6.07) is 14.8. The van der Waals surface area contributed by atoms with Crippen LogP contribution < -0.4 is 5.32 Å². The maximum Gasteiger partial charge on any atom is 0.123 e. The van der Waals surface area contributed by atoms with Crippen LogP contribution in [0, 0.1) is 6.92 Å². The Labute approximate surface area is 137 Å². The van der Waals surface area contributed by atoms with Crippen LogP contribution in [0.5, 0.6) is 0 Å². The van der Waals surface area contributed by atoms with E-state index in [1.54, 1.807) is 11.3 Å². The standard InChI is InChI=1S/C17H15BrN2S/c1-12-2-3-14(16(18)10-12)11-20-15-6-4-13(5-7-15)17-19-8-9-21-17/h2-10,20H,11H2,1H3. The number of nitrogens with one attached hydrogen (secondary N) is 1. The molecule has 0 fully saturated rings. The zero-order valence-corrected chi connectivity index (χ0v) is 14.0. The van der Waals surface area contributed by atoms with Crippen molar-refractivity contribution in [3.05, 3.63) is 69.6 Å². The number of anilines is 1. The van der Waals surface area contributed by atoms with Crippen molar-refractivity contribution in [1.29, 1.82) is 0 Å². The van der Waals surface area contributed by atoms with Gasteiger partial charge in [0.05, 0.1) is 0 Å². The molecular weight excluding hydrogens is 344 g/mol. The van der Waals surface area contributed by atoms with Crippen molar-refractivity contribution in [3.63, 3.8) is 0 Å². The molecule has 0 spiro atoms. The third kappa shape index (κ3) is 3.52. The second-order valence-corrected chi connectivity index (χ2v) is 6.61. The highest BCUT2D eigenvalue weighted by Crippen LogP contribution is 2.24. The first-order valence-electron chi connectivity index (χ1n) is 6.71. The molecule has 2 nitrogen and oxygen atoms in total. The number of hydrogen-bond acceptors (Lipinski definition) is 3. The van der Waals surface area contributed by atoms with Crippen LogP contribution in [0.2, 0.25) is 0 Å².